The number of fused-ring (bicyclic) bond motifs is 1. The van der Waals surface area contributed by atoms with Crippen LogP contribution < -0.4 is 0 Å². The standard InChI is InChI=1S/C13H20N2O3S/c1-3-14(4-2)19(17,18)15-8-7-11-5-6-13(16)9-12(11)10-15/h5-6,9,16H,3-4,7-8,10H2,1-2H3. The minimum atomic E-state index is -3.39. The molecule has 19 heavy (non-hydrogen) atoms. The zero-order chi connectivity index (χ0) is 14.0. The molecule has 1 aromatic rings. The van der Waals surface area contributed by atoms with E-state index in [1.807, 2.05) is 19.9 Å². The van der Waals surface area contributed by atoms with Crippen LogP contribution in [0.2, 0.25) is 0 Å². The molecule has 1 aliphatic heterocycles. The molecule has 0 atom stereocenters. The highest BCUT2D eigenvalue weighted by molar-refractivity contribution is 7.86. The number of aromatic hydroxyl groups is 1. The molecule has 1 N–H and O–H groups in total. The Balaban J connectivity index is 2.26. The van der Waals surface area contributed by atoms with Crippen LogP contribution in [0.1, 0.15) is 25.0 Å². The summed E-state index contributed by atoms with van der Waals surface area (Å²) in [7, 11) is -3.39. The highest BCUT2D eigenvalue weighted by Gasteiger charge is 2.30. The molecule has 5 nitrogen and oxygen atoms in total. The largest absolute Gasteiger partial charge is 0.508 e. The van der Waals surface area contributed by atoms with E-state index in [1.54, 1.807) is 12.1 Å². The lowest BCUT2D eigenvalue weighted by molar-refractivity contribution is 0.334. The molecular weight excluding hydrogens is 264 g/mol. The summed E-state index contributed by atoms with van der Waals surface area (Å²) in [5, 5.41) is 9.50. The fourth-order valence-corrected chi connectivity index (χ4v) is 4.03. The molecule has 106 valence electrons. The first-order chi connectivity index (χ1) is 8.98. The van der Waals surface area contributed by atoms with Crippen LogP contribution in [0.5, 0.6) is 5.75 Å². The highest BCUT2D eigenvalue weighted by Crippen LogP contribution is 2.25. The van der Waals surface area contributed by atoms with E-state index >= 15 is 0 Å². The van der Waals surface area contributed by atoms with Gasteiger partial charge in [-0.25, -0.2) is 0 Å². The minimum Gasteiger partial charge on any atom is -0.508 e. The van der Waals surface area contributed by atoms with Crippen LogP contribution in [-0.4, -0.2) is 41.8 Å². The molecule has 0 unspecified atom stereocenters. The Hall–Kier alpha value is -1.11. The van der Waals surface area contributed by atoms with Gasteiger partial charge in [0, 0.05) is 26.2 Å². The van der Waals surface area contributed by atoms with Crippen LogP contribution in [0.15, 0.2) is 18.2 Å². The van der Waals surface area contributed by atoms with Crippen molar-refractivity contribution in [1.29, 1.82) is 0 Å². The van der Waals surface area contributed by atoms with E-state index in [9.17, 15) is 13.5 Å². The van der Waals surface area contributed by atoms with Gasteiger partial charge in [-0.1, -0.05) is 19.9 Å². The summed E-state index contributed by atoms with van der Waals surface area (Å²) in [5.74, 6) is 0.181. The molecule has 0 saturated heterocycles. The van der Waals surface area contributed by atoms with Crippen LogP contribution in [-0.2, 0) is 23.2 Å². The molecule has 6 heteroatoms. The second-order valence-corrected chi connectivity index (χ2v) is 6.56. The Morgan fingerprint density at radius 2 is 1.95 bits per heavy atom. The van der Waals surface area contributed by atoms with Crippen molar-refractivity contribution in [3.05, 3.63) is 29.3 Å². The van der Waals surface area contributed by atoms with Crippen molar-refractivity contribution in [1.82, 2.24) is 8.61 Å². The third kappa shape index (κ3) is 2.75. The van der Waals surface area contributed by atoms with Gasteiger partial charge in [0.05, 0.1) is 0 Å². The van der Waals surface area contributed by atoms with E-state index in [0.29, 0.717) is 32.6 Å². The maximum atomic E-state index is 12.4. The number of hydrogen-bond donors (Lipinski definition) is 1. The van der Waals surface area contributed by atoms with Crippen molar-refractivity contribution in [2.75, 3.05) is 19.6 Å². The molecule has 0 spiro atoms. The van der Waals surface area contributed by atoms with Crippen LogP contribution in [0.4, 0.5) is 0 Å². The van der Waals surface area contributed by atoms with Gasteiger partial charge in [0.2, 0.25) is 0 Å². The van der Waals surface area contributed by atoms with Gasteiger partial charge in [0.1, 0.15) is 5.75 Å². The Kier molecular flexibility index (Phi) is 4.13. The molecule has 0 saturated carbocycles. The molecule has 2 rings (SSSR count). The fourth-order valence-electron chi connectivity index (χ4n) is 2.43. The Morgan fingerprint density at radius 3 is 2.58 bits per heavy atom. The molecule has 0 aliphatic carbocycles. The topological polar surface area (TPSA) is 60.9 Å². The molecule has 1 aliphatic rings. The van der Waals surface area contributed by atoms with Crippen LogP contribution in [0, 0.1) is 0 Å². The van der Waals surface area contributed by atoms with Crippen molar-refractivity contribution in [2.24, 2.45) is 0 Å². The van der Waals surface area contributed by atoms with Gasteiger partial charge in [-0.2, -0.15) is 17.0 Å². The van der Waals surface area contributed by atoms with Crippen molar-refractivity contribution in [2.45, 2.75) is 26.8 Å². The van der Waals surface area contributed by atoms with Gasteiger partial charge in [0.25, 0.3) is 10.2 Å². The Morgan fingerprint density at radius 1 is 1.26 bits per heavy atom. The molecule has 0 radical (unpaired) electrons. The summed E-state index contributed by atoms with van der Waals surface area (Å²) in [4.78, 5) is 0. The Labute approximate surface area is 114 Å². The fraction of sp³-hybridized carbons (Fsp3) is 0.538. The first-order valence-corrected chi connectivity index (χ1v) is 7.94. The van der Waals surface area contributed by atoms with Crippen LogP contribution >= 0.6 is 0 Å². The van der Waals surface area contributed by atoms with Crippen molar-refractivity contribution >= 4 is 10.2 Å². The zero-order valence-corrected chi connectivity index (χ0v) is 12.2. The third-order valence-corrected chi connectivity index (χ3v) is 5.66. The summed E-state index contributed by atoms with van der Waals surface area (Å²) in [5.41, 5.74) is 2.01. The van der Waals surface area contributed by atoms with E-state index in [0.717, 1.165) is 11.1 Å². The number of phenolic OH excluding ortho intramolecular Hbond substituents is 1. The summed E-state index contributed by atoms with van der Waals surface area (Å²) in [6.45, 7) is 5.46. The number of nitrogens with zero attached hydrogens (tertiary/aromatic N) is 2. The SMILES string of the molecule is CCN(CC)S(=O)(=O)N1CCc2ccc(O)cc2C1. The quantitative estimate of drug-likeness (QED) is 0.907. The Bertz CT molecular complexity index is 553. The van der Waals surface area contributed by atoms with E-state index in [4.69, 9.17) is 0 Å². The normalized spacial score (nSPS) is 16.6. The predicted molar refractivity (Wildman–Crippen MR) is 74.1 cm³/mol. The van der Waals surface area contributed by atoms with Crippen LogP contribution in [0.25, 0.3) is 0 Å². The first kappa shape index (κ1) is 14.3. The summed E-state index contributed by atoms with van der Waals surface area (Å²) in [6.07, 6.45) is 0.691. The molecule has 0 bridgehead atoms. The van der Waals surface area contributed by atoms with Gasteiger partial charge in [-0.15, -0.1) is 0 Å². The van der Waals surface area contributed by atoms with E-state index in [2.05, 4.69) is 0 Å². The predicted octanol–water partition coefficient (Wildman–Crippen LogP) is 1.34. The smallest absolute Gasteiger partial charge is 0.282 e. The van der Waals surface area contributed by atoms with Gasteiger partial charge < -0.3 is 5.11 Å². The average molecular weight is 284 g/mol. The highest BCUT2D eigenvalue weighted by atomic mass is 32.2. The number of benzene rings is 1. The van der Waals surface area contributed by atoms with Crippen molar-refractivity contribution < 1.29 is 13.5 Å². The summed E-state index contributed by atoms with van der Waals surface area (Å²) >= 11 is 0. The number of rotatable bonds is 4. The van der Waals surface area contributed by atoms with Crippen LogP contribution in [0.3, 0.4) is 0 Å². The number of phenols is 1. The maximum absolute atomic E-state index is 12.4. The lowest BCUT2D eigenvalue weighted by Gasteiger charge is -2.32. The van der Waals surface area contributed by atoms with Gasteiger partial charge in [-0.05, 0) is 29.7 Å². The molecule has 0 fully saturated rings. The van der Waals surface area contributed by atoms with Gasteiger partial charge >= 0.3 is 0 Å². The first-order valence-electron chi connectivity index (χ1n) is 6.55. The lowest BCUT2D eigenvalue weighted by Crippen LogP contribution is -2.45. The second-order valence-electron chi connectivity index (χ2n) is 4.63. The molecular formula is C13H20N2O3S. The second kappa shape index (κ2) is 5.48. The molecule has 1 heterocycles. The molecule has 1 aromatic carbocycles. The third-order valence-electron chi connectivity index (χ3n) is 3.53. The van der Waals surface area contributed by atoms with Crippen molar-refractivity contribution in [3.63, 3.8) is 0 Å². The zero-order valence-electron chi connectivity index (χ0n) is 11.3. The van der Waals surface area contributed by atoms with Gasteiger partial charge in [0.15, 0.2) is 0 Å². The number of hydrogen-bond acceptors (Lipinski definition) is 3. The summed E-state index contributed by atoms with van der Waals surface area (Å²) in [6, 6.07) is 5.17. The minimum absolute atomic E-state index is 0.181. The van der Waals surface area contributed by atoms with Gasteiger partial charge in [-0.3, -0.25) is 0 Å². The van der Waals surface area contributed by atoms with E-state index in [-0.39, 0.29) is 5.75 Å². The maximum Gasteiger partial charge on any atom is 0.282 e. The average Bonchev–Trinajstić information content (AvgIpc) is 2.38. The monoisotopic (exact) mass is 284 g/mol. The molecule has 0 amide bonds. The summed E-state index contributed by atoms with van der Waals surface area (Å²) < 4.78 is 27.8. The van der Waals surface area contributed by atoms with Crippen molar-refractivity contribution in [3.8, 4) is 5.75 Å². The van der Waals surface area contributed by atoms with E-state index < -0.39 is 10.2 Å². The van der Waals surface area contributed by atoms with E-state index in [1.165, 1.54) is 8.61 Å². The lowest BCUT2D eigenvalue weighted by atomic mass is 10.0. The molecule has 0 aromatic heterocycles.